The Bertz CT molecular complexity index is 1440. The summed E-state index contributed by atoms with van der Waals surface area (Å²) in [4.78, 5) is 29.1. The molecule has 0 saturated carbocycles. The number of benzene rings is 3. The van der Waals surface area contributed by atoms with Gasteiger partial charge >= 0.3 is 0 Å². The Morgan fingerprint density at radius 3 is 2.45 bits per heavy atom. The summed E-state index contributed by atoms with van der Waals surface area (Å²) in [5.41, 5.74) is 1.98. The second-order valence-electron chi connectivity index (χ2n) is 10.1. The first kappa shape index (κ1) is 26.8. The number of rotatable bonds is 8. The molecule has 0 bridgehead atoms. The maximum atomic E-state index is 14.8. The number of para-hydroxylation sites is 1. The van der Waals surface area contributed by atoms with Crippen LogP contribution in [0.1, 0.15) is 44.9 Å². The smallest absolute Gasteiger partial charge is 0.249 e. The largest absolute Gasteiger partial charge is 0.494 e. The normalized spacial score (nSPS) is 12.3. The number of carbonyl (C=O) groups excluding carboxylic acids is 2. The number of fused-ring (bicyclic) bond motifs is 1. The van der Waals surface area contributed by atoms with Gasteiger partial charge in [-0.2, -0.15) is 0 Å². The topological polar surface area (TPSA) is 89.4 Å². The molecule has 0 radical (unpaired) electrons. The Kier molecular flexibility index (Phi) is 7.75. The van der Waals surface area contributed by atoms with E-state index in [0.29, 0.717) is 34.5 Å². The van der Waals surface area contributed by atoms with Crippen LogP contribution >= 0.6 is 0 Å². The predicted molar refractivity (Wildman–Crippen MR) is 144 cm³/mol. The quantitative estimate of drug-likeness (QED) is 0.357. The molecule has 1 N–H and O–H groups in total. The minimum Gasteiger partial charge on any atom is -0.494 e. The summed E-state index contributed by atoms with van der Waals surface area (Å²) < 4.78 is 21.8. The lowest BCUT2D eigenvalue weighted by Crippen LogP contribution is -2.50. The number of hydrogen-bond acceptors (Lipinski definition) is 5. The molecule has 0 saturated heterocycles. The van der Waals surface area contributed by atoms with Crippen molar-refractivity contribution in [2.45, 2.75) is 52.7 Å². The van der Waals surface area contributed by atoms with Crippen LogP contribution in [-0.4, -0.2) is 39.0 Å². The highest BCUT2D eigenvalue weighted by atomic mass is 19.1. The summed E-state index contributed by atoms with van der Waals surface area (Å²) in [6.45, 7) is 9.40. The predicted octanol–water partition coefficient (Wildman–Crippen LogP) is 4.97. The molecule has 9 heteroatoms. The van der Waals surface area contributed by atoms with Gasteiger partial charge in [-0.1, -0.05) is 35.5 Å². The number of nitrogens with zero attached hydrogens (tertiary/aromatic N) is 4. The third-order valence-corrected chi connectivity index (χ3v) is 5.92. The van der Waals surface area contributed by atoms with Gasteiger partial charge in [0.15, 0.2) is 0 Å². The number of anilines is 1. The first-order valence-electron chi connectivity index (χ1n) is 12.5. The van der Waals surface area contributed by atoms with E-state index < -0.39 is 29.2 Å². The Hall–Kier alpha value is -4.27. The Morgan fingerprint density at radius 1 is 1.08 bits per heavy atom. The maximum absolute atomic E-state index is 14.8. The van der Waals surface area contributed by atoms with Crippen molar-refractivity contribution in [2.75, 3.05) is 11.5 Å². The van der Waals surface area contributed by atoms with Gasteiger partial charge in [-0.3, -0.25) is 14.5 Å². The van der Waals surface area contributed by atoms with Crippen LogP contribution in [0.5, 0.6) is 5.75 Å². The fourth-order valence-electron chi connectivity index (χ4n) is 4.18. The lowest BCUT2D eigenvalue weighted by molar-refractivity contribution is -0.128. The van der Waals surface area contributed by atoms with E-state index >= 15 is 0 Å². The van der Waals surface area contributed by atoms with E-state index in [1.807, 2.05) is 45.9 Å². The van der Waals surface area contributed by atoms with Gasteiger partial charge in [-0.15, -0.1) is 5.10 Å². The van der Waals surface area contributed by atoms with Crippen LogP contribution in [0.2, 0.25) is 0 Å². The zero-order valence-electron chi connectivity index (χ0n) is 22.2. The molecule has 0 fully saturated rings. The molecular formula is C29H32FN5O3. The average molecular weight is 518 g/mol. The first-order valence-corrected chi connectivity index (χ1v) is 12.5. The molecule has 0 aliphatic carbocycles. The molecule has 0 aliphatic heterocycles. The molecule has 38 heavy (non-hydrogen) atoms. The van der Waals surface area contributed by atoms with Gasteiger partial charge in [0.2, 0.25) is 11.8 Å². The van der Waals surface area contributed by atoms with Crippen LogP contribution < -0.4 is 15.0 Å². The SMILES string of the molecule is CCOc1ccc([C@@H](C(=O)NC(C)(C)C)N(C(=O)Cn2nnc3ccccc32)c2ccc(C)c(F)c2)cc1. The van der Waals surface area contributed by atoms with E-state index in [1.165, 1.54) is 15.6 Å². The van der Waals surface area contributed by atoms with Crippen LogP contribution in [0.25, 0.3) is 11.0 Å². The first-order chi connectivity index (χ1) is 18.1. The number of aryl methyl sites for hydroxylation is 1. The van der Waals surface area contributed by atoms with Gasteiger partial charge in [0.1, 0.15) is 29.7 Å². The molecule has 8 nitrogen and oxygen atoms in total. The van der Waals surface area contributed by atoms with Crippen molar-refractivity contribution >= 4 is 28.5 Å². The summed E-state index contributed by atoms with van der Waals surface area (Å²) in [5.74, 6) is -0.695. The van der Waals surface area contributed by atoms with E-state index in [-0.39, 0.29) is 12.2 Å². The van der Waals surface area contributed by atoms with Crippen LogP contribution in [0, 0.1) is 12.7 Å². The number of carbonyl (C=O) groups is 2. The van der Waals surface area contributed by atoms with E-state index in [9.17, 15) is 14.0 Å². The van der Waals surface area contributed by atoms with Gasteiger partial charge in [0.25, 0.3) is 0 Å². The van der Waals surface area contributed by atoms with Crippen LogP contribution in [0.15, 0.2) is 66.7 Å². The van der Waals surface area contributed by atoms with Crippen molar-refractivity contribution in [3.05, 3.63) is 83.7 Å². The van der Waals surface area contributed by atoms with E-state index in [1.54, 1.807) is 49.4 Å². The van der Waals surface area contributed by atoms with E-state index in [0.717, 1.165) is 0 Å². The number of hydrogen-bond donors (Lipinski definition) is 1. The fraction of sp³-hybridized carbons (Fsp3) is 0.310. The van der Waals surface area contributed by atoms with Gasteiger partial charge < -0.3 is 10.1 Å². The van der Waals surface area contributed by atoms with Gasteiger partial charge in [-0.05, 0) is 82.1 Å². The summed E-state index contributed by atoms with van der Waals surface area (Å²) in [7, 11) is 0. The lowest BCUT2D eigenvalue weighted by Gasteiger charge is -2.34. The van der Waals surface area contributed by atoms with Crippen LogP contribution in [0.3, 0.4) is 0 Å². The molecule has 0 spiro atoms. The third kappa shape index (κ3) is 5.99. The summed E-state index contributed by atoms with van der Waals surface area (Å²) in [6.07, 6.45) is 0. The van der Waals surface area contributed by atoms with Crippen LogP contribution in [-0.2, 0) is 16.1 Å². The molecular weight excluding hydrogens is 485 g/mol. The molecule has 198 valence electrons. The summed E-state index contributed by atoms with van der Waals surface area (Å²) in [6, 6.07) is 17.7. The second-order valence-corrected chi connectivity index (χ2v) is 10.1. The van der Waals surface area contributed by atoms with Crippen molar-refractivity contribution in [1.82, 2.24) is 20.3 Å². The number of halogens is 1. The zero-order chi connectivity index (χ0) is 27.4. The number of nitrogens with one attached hydrogen (secondary N) is 1. The second kappa shape index (κ2) is 11.0. The molecule has 4 rings (SSSR count). The Labute approximate surface area is 221 Å². The van der Waals surface area contributed by atoms with Gasteiger partial charge in [0.05, 0.1) is 12.1 Å². The zero-order valence-corrected chi connectivity index (χ0v) is 22.2. The van der Waals surface area contributed by atoms with Crippen molar-refractivity contribution in [3.63, 3.8) is 0 Å². The van der Waals surface area contributed by atoms with E-state index in [4.69, 9.17) is 4.74 Å². The Balaban J connectivity index is 1.83. The summed E-state index contributed by atoms with van der Waals surface area (Å²) >= 11 is 0. The summed E-state index contributed by atoms with van der Waals surface area (Å²) in [5, 5.41) is 11.3. The lowest BCUT2D eigenvalue weighted by atomic mass is 10.00. The average Bonchev–Trinajstić information content (AvgIpc) is 3.26. The molecule has 0 aliphatic rings. The Morgan fingerprint density at radius 2 is 1.79 bits per heavy atom. The minimum atomic E-state index is -1.09. The maximum Gasteiger partial charge on any atom is 0.249 e. The van der Waals surface area contributed by atoms with Gasteiger partial charge in [-0.25, -0.2) is 9.07 Å². The van der Waals surface area contributed by atoms with Crippen molar-refractivity contribution in [3.8, 4) is 5.75 Å². The third-order valence-electron chi connectivity index (χ3n) is 5.92. The molecule has 4 aromatic rings. The van der Waals surface area contributed by atoms with Crippen molar-refractivity contribution < 1.29 is 18.7 Å². The monoisotopic (exact) mass is 517 g/mol. The molecule has 1 aromatic heterocycles. The highest BCUT2D eigenvalue weighted by Crippen LogP contribution is 2.31. The molecule has 2 amide bonds. The molecule has 0 unspecified atom stereocenters. The molecule has 1 heterocycles. The van der Waals surface area contributed by atoms with E-state index in [2.05, 4.69) is 15.6 Å². The van der Waals surface area contributed by atoms with Gasteiger partial charge in [0, 0.05) is 11.2 Å². The fourth-order valence-corrected chi connectivity index (χ4v) is 4.18. The highest BCUT2D eigenvalue weighted by Gasteiger charge is 2.35. The standard InChI is InChI=1S/C29H32FN5O3/c1-6-38-22-15-12-20(13-16-22)27(28(37)31-29(3,4)5)35(21-14-11-19(2)23(30)17-21)26(36)18-34-25-10-8-7-9-24(25)32-33-34/h7-17,27H,6,18H2,1-5H3,(H,31,37)/t27-/m0/s1. The van der Waals surface area contributed by atoms with Crippen LogP contribution in [0.4, 0.5) is 10.1 Å². The minimum absolute atomic E-state index is 0.202. The highest BCUT2D eigenvalue weighted by molar-refractivity contribution is 6.01. The number of ether oxygens (including phenoxy) is 1. The van der Waals surface area contributed by atoms with Crippen molar-refractivity contribution in [2.24, 2.45) is 0 Å². The number of amides is 2. The van der Waals surface area contributed by atoms with Crippen molar-refractivity contribution in [1.29, 1.82) is 0 Å². The molecule has 3 aromatic carbocycles. The number of aromatic nitrogens is 3. The molecule has 1 atom stereocenters.